The molecule has 0 radical (unpaired) electrons. The van der Waals surface area contributed by atoms with E-state index in [0.717, 1.165) is 31.5 Å². The SMILES string of the molecule is Cc1ccccc1-n1cc2c(c1-c1ccccc1Br)c(=O)n(C)c(=O)n2C. The zero-order chi connectivity index (χ0) is 19.3. The first-order chi connectivity index (χ1) is 12.9. The number of aromatic nitrogens is 3. The smallest absolute Gasteiger partial charge is 0.313 e. The van der Waals surface area contributed by atoms with Crippen LogP contribution >= 0.6 is 15.9 Å². The number of hydrogen-bond acceptors (Lipinski definition) is 2. The minimum Gasteiger partial charge on any atom is -0.313 e. The molecule has 4 aromatic rings. The van der Waals surface area contributed by atoms with Gasteiger partial charge in [-0.1, -0.05) is 52.3 Å². The predicted molar refractivity (Wildman–Crippen MR) is 112 cm³/mol. The quantitative estimate of drug-likeness (QED) is 0.492. The highest BCUT2D eigenvalue weighted by atomic mass is 79.9. The van der Waals surface area contributed by atoms with E-state index in [4.69, 9.17) is 0 Å². The fourth-order valence-corrected chi connectivity index (χ4v) is 3.95. The number of nitrogens with zero attached hydrogens (tertiary/aromatic N) is 3. The van der Waals surface area contributed by atoms with Gasteiger partial charge in [-0.25, -0.2) is 4.79 Å². The van der Waals surface area contributed by atoms with E-state index in [1.807, 2.05) is 66.2 Å². The van der Waals surface area contributed by atoms with Gasteiger partial charge >= 0.3 is 5.69 Å². The standard InChI is InChI=1S/C21H18BrN3O2/c1-13-8-4-7-11-16(13)25-12-17-18(20(26)24(3)21(27)23(17)2)19(25)14-9-5-6-10-15(14)22/h4-12H,1-3H3. The van der Waals surface area contributed by atoms with Crippen LogP contribution in [-0.4, -0.2) is 13.7 Å². The van der Waals surface area contributed by atoms with Crippen LogP contribution in [0.1, 0.15) is 5.56 Å². The van der Waals surface area contributed by atoms with E-state index in [1.54, 1.807) is 7.05 Å². The van der Waals surface area contributed by atoms with Crippen molar-refractivity contribution in [3.8, 4) is 16.9 Å². The topological polar surface area (TPSA) is 48.9 Å². The van der Waals surface area contributed by atoms with E-state index in [9.17, 15) is 9.59 Å². The van der Waals surface area contributed by atoms with Crippen LogP contribution in [0.4, 0.5) is 0 Å². The molecule has 0 saturated heterocycles. The van der Waals surface area contributed by atoms with Gasteiger partial charge in [0.25, 0.3) is 5.56 Å². The first kappa shape index (κ1) is 17.5. The molecule has 0 aliphatic carbocycles. The van der Waals surface area contributed by atoms with Crippen LogP contribution in [0.3, 0.4) is 0 Å². The second-order valence-electron chi connectivity index (χ2n) is 6.58. The number of hydrogen-bond donors (Lipinski definition) is 0. The molecule has 0 saturated carbocycles. The number of fused-ring (bicyclic) bond motifs is 1. The van der Waals surface area contributed by atoms with Gasteiger partial charge in [0.2, 0.25) is 0 Å². The Bertz CT molecular complexity index is 1310. The molecule has 5 nitrogen and oxygen atoms in total. The number of para-hydroxylation sites is 1. The molecule has 0 N–H and O–H groups in total. The van der Waals surface area contributed by atoms with E-state index < -0.39 is 0 Å². The van der Waals surface area contributed by atoms with E-state index in [-0.39, 0.29) is 11.2 Å². The van der Waals surface area contributed by atoms with Crippen molar-refractivity contribution >= 4 is 26.8 Å². The van der Waals surface area contributed by atoms with Crippen molar-refractivity contribution < 1.29 is 0 Å². The molecule has 0 aliphatic rings. The van der Waals surface area contributed by atoms with Crippen molar-refractivity contribution in [2.75, 3.05) is 0 Å². The molecule has 0 bridgehead atoms. The Balaban J connectivity index is 2.28. The third kappa shape index (κ3) is 2.59. The molecule has 136 valence electrons. The van der Waals surface area contributed by atoms with Crippen molar-refractivity contribution in [1.82, 2.24) is 13.7 Å². The van der Waals surface area contributed by atoms with Crippen LogP contribution in [0.15, 0.2) is 68.8 Å². The Labute approximate surface area is 164 Å². The van der Waals surface area contributed by atoms with Crippen molar-refractivity contribution in [2.45, 2.75) is 6.92 Å². The summed E-state index contributed by atoms with van der Waals surface area (Å²) < 4.78 is 5.56. The van der Waals surface area contributed by atoms with Crippen LogP contribution < -0.4 is 11.2 Å². The molecule has 0 amide bonds. The lowest BCUT2D eigenvalue weighted by atomic mass is 10.1. The van der Waals surface area contributed by atoms with Gasteiger partial charge in [0.05, 0.1) is 16.6 Å². The van der Waals surface area contributed by atoms with Gasteiger partial charge in [-0.15, -0.1) is 0 Å². The summed E-state index contributed by atoms with van der Waals surface area (Å²) in [6, 6.07) is 15.8. The van der Waals surface area contributed by atoms with Crippen molar-refractivity contribution in [1.29, 1.82) is 0 Å². The molecule has 6 heteroatoms. The highest BCUT2D eigenvalue weighted by Crippen LogP contribution is 2.35. The molecular formula is C21H18BrN3O2. The molecule has 2 heterocycles. The molecule has 0 atom stereocenters. The van der Waals surface area contributed by atoms with E-state index in [1.165, 1.54) is 11.6 Å². The summed E-state index contributed by atoms with van der Waals surface area (Å²) in [5.74, 6) is 0. The highest BCUT2D eigenvalue weighted by Gasteiger charge is 2.21. The van der Waals surface area contributed by atoms with Gasteiger partial charge in [-0.05, 0) is 24.6 Å². The van der Waals surface area contributed by atoms with Crippen LogP contribution in [0.5, 0.6) is 0 Å². The average molecular weight is 424 g/mol. The third-order valence-electron chi connectivity index (χ3n) is 4.94. The first-order valence-corrected chi connectivity index (χ1v) is 9.33. The highest BCUT2D eigenvalue weighted by molar-refractivity contribution is 9.10. The normalized spacial score (nSPS) is 11.3. The molecule has 4 rings (SSSR count). The number of rotatable bonds is 2. The number of benzene rings is 2. The molecule has 0 unspecified atom stereocenters. The molecule has 0 aliphatic heterocycles. The van der Waals surface area contributed by atoms with Gasteiger partial charge in [0, 0.05) is 36.0 Å². The fraction of sp³-hybridized carbons (Fsp3) is 0.143. The maximum absolute atomic E-state index is 13.1. The largest absolute Gasteiger partial charge is 0.330 e. The van der Waals surface area contributed by atoms with E-state index in [2.05, 4.69) is 15.9 Å². The summed E-state index contributed by atoms with van der Waals surface area (Å²) in [5, 5.41) is 0.523. The number of aryl methyl sites for hydroxylation is 2. The fourth-order valence-electron chi connectivity index (χ4n) is 3.48. The lowest BCUT2D eigenvalue weighted by molar-refractivity contribution is 0.714. The Morgan fingerprint density at radius 2 is 1.56 bits per heavy atom. The predicted octanol–water partition coefficient (Wildman–Crippen LogP) is 3.77. The Kier molecular flexibility index (Phi) is 4.15. The Morgan fingerprint density at radius 1 is 0.889 bits per heavy atom. The second kappa shape index (κ2) is 6.39. The molecular weight excluding hydrogens is 406 g/mol. The monoisotopic (exact) mass is 423 g/mol. The maximum atomic E-state index is 13.1. The summed E-state index contributed by atoms with van der Waals surface area (Å²) in [6.45, 7) is 2.03. The van der Waals surface area contributed by atoms with Crippen LogP contribution in [-0.2, 0) is 14.1 Å². The lowest BCUT2D eigenvalue weighted by Crippen LogP contribution is -2.36. The van der Waals surface area contributed by atoms with Gasteiger partial charge in [0.1, 0.15) is 0 Å². The number of halogens is 1. The van der Waals surface area contributed by atoms with E-state index >= 15 is 0 Å². The van der Waals surface area contributed by atoms with Crippen LogP contribution in [0, 0.1) is 6.92 Å². The first-order valence-electron chi connectivity index (χ1n) is 8.53. The Hall–Kier alpha value is -2.86. The average Bonchev–Trinajstić information content (AvgIpc) is 3.05. The molecule has 27 heavy (non-hydrogen) atoms. The van der Waals surface area contributed by atoms with Crippen molar-refractivity contribution in [3.63, 3.8) is 0 Å². The Morgan fingerprint density at radius 3 is 2.26 bits per heavy atom. The van der Waals surface area contributed by atoms with Gasteiger partial charge in [0.15, 0.2) is 0 Å². The third-order valence-corrected chi connectivity index (χ3v) is 5.63. The minimum absolute atomic E-state index is 0.300. The van der Waals surface area contributed by atoms with Gasteiger partial charge in [-0.3, -0.25) is 13.9 Å². The summed E-state index contributed by atoms with van der Waals surface area (Å²) in [4.78, 5) is 25.5. The van der Waals surface area contributed by atoms with Gasteiger partial charge < -0.3 is 4.57 Å². The van der Waals surface area contributed by atoms with Crippen molar-refractivity contribution in [3.05, 3.63) is 85.6 Å². The zero-order valence-corrected chi connectivity index (χ0v) is 16.8. The lowest BCUT2D eigenvalue weighted by Gasteiger charge is -2.13. The summed E-state index contributed by atoms with van der Waals surface area (Å²) >= 11 is 3.61. The minimum atomic E-state index is -0.340. The van der Waals surface area contributed by atoms with Gasteiger partial charge in [-0.2, -0.15) is 0 Å². The van der Waals surface area contributed by atoms with E-state index in [0.29, 0.717) is 10.9 Å². The van der Waals surface area contributed by atoms with Crippen LogP contribution in [0.25, 0.3) is 27.8 Å². The van der Waals surface area contributed by atoms with Crippen molar-refractivity contribution in [2.24, 2.45) is 14.1 Å². The molecule has 0 spiro atoms. The summed E-state index contributed by atoms with van der Waals surface area (Å²) in [5.41, 5.74) is 3.67. The molecule has 2 aromatic heterocycles. The van der Waals surface area contributed by atoms with Crippen LogP contribution in [0.2, 0.25) is 0 Å². The molecule has 0 fully saturated rings. The molecule has 2 aromatic carbocycles. The summed E-state index contributed by atoms with van der Waals surface area (Å²) in [6.07, 6.45) is 1.87. The maximum Gasteiger partial charge on any atom is 0.330 e. The summed E-state index contributed by atoms with van der Waals surface area (Å²) in [7, 11) is 3.20. The second-order valence-corrected chi connectivity index (χ2v) is 7.43. The zero-order valence-electron chi connectivity index (χ0n) is 15.2.